The Morgan fingerprint density at radius 3 is 2.56 bits per heavy atom. The second-order valence-electron chi connectivity index (χ2n) is 4.55. The number of hydrogen-bond donors (Lipinski definition) is 0. The number of fused-ring (bicyclic) bond motifs is 1. The second kappa shape index (κ2) is 3.54. The highest BCUT2D eigenvalue weighted by Crippen LogP contribution is 2.62. The topological polar surface area (TPSA) is 60.4 Å². The van der Waals surface area contributed by atoms with E-state index in [-0.39, 0.29) is 17.9 Å². The summed E-state index contributed by atoms with van der Waals surface area (Å²) in [7, 11) is -4.15. The highest BCUT2D eigenvalue weighted by Gasteiger charge is 2.79. The standard InChI is InChI=1S/C12H11FO4S/c13-12(9-6-7-17-11(14)10(9)12)18(15,16)8-4-2-1-3-5-8/h1-5,9-10H,6-7H2. The zero-order valence-corrected chi connectivity index (χ0v) is 10.2. The summed E-state index contributed by atoms with van der Waals surface area (Å²) >= 11 is 0. The molecule has 1 saturated carbocycles. The first kappa shape index (κ1) is 11.6. The number of rotatable bonds is 2. The molecule has 6 heteroatoms. The first-order valence-electron chi connectivity index (χ1n) is 5.65. The monoisotopic (exact) mass is 270 g/mol. The average Bonchev–Trinajstić information content (AvgIpc) is 3.00. The minimum absolute atomic E-state index is 0.0882. The minimum atomic E-state index is -4.15. The SMILES string of the molecule is O=C1OCCC2C1C2(F)S(=O)(=O)c1ccccc1. The Kier molecular flexibility index (Phi) is 2.29. The van der Waals surface area contributed by atoms with Crippen LogP contribution in [0.1, 0.15) is 6.42 Å². The minimum Gasteiger partial charge on any atom is -0.465 e. The third kappa shape index (κ3) is 1.29. The van der Waals surface area contributed by atoms with Gasteiger partial charge < -0.3 is 4.74 Å². The molecule has 1 aromatic carbocycles. The summed E-state index contributed by atoms with van der Waals surface area (Å²) in [4.78, 5) is 11.3. The highest BCUT2D eigenvalue weighted by molar-refractivity contribution is 7.93. The number of halogens is 1. The van der Waals surface area contributed by atoms with E-state index in [9.17, 15) is 17.6 Å². The van der Waals surface area contributed by atoms with Gasteiger partial charge in [-0.15, -0.1) is 0 Å². The molecule has 0 amide bonds. The summed E-state index contributed by atoms with van der Waals surface area (Å²) in [6.07, 6.45) is 0.263. The maximum absolute atomic E-state index is 14.7. The molecule has 0 radical (unpaired) electrons. The van der Waals surface area contributed by atoms with E-state index in [4.69, 9.17) is 4.74 Å². The van der Waals surface area contributed by atoms with Crippen LogP contribution >= 0.6 is 0 Å². The number of esters is 1. The zero-order valence-electron chi connectivity index (χ0n) is 9.37. The molecule has 3 unspecified atom stereocenters. The number of hydrogen-bond acceptors (Lipinski definition) is 4. The molecular formula is C12H11FO4S. The van der Waals surface area contributed by atoms with Crippen molar-refractivity contribution in [1.82, 2.24) is 0 Å². The molecule has 1 aliphatic carbocycles. The van der Waals surface area contributed by atoms with Gasteiger partial charge in [0.1, 0.15) is 5.92 Å². The van der Waals surface area contributed by atoms with Crippen LogP contribution in [0.5, 0.6) is 0 Å². The van der Waals surface area contributed by atoms with Gasteiger partial charge in [0.15, 0.2) is 0 Å². The van der Waals surface area contributed by atoms with Crippen LogP contribution in [0.3, 0.4) is 0 Å². The molecule has 1 aromatic rings. The molecule has 1 heterocycles. The molecule has 0 N–H and O–H groups in total. The van der Waals surface area contributed by atoms with Crippen LogP contribution < -0.4 is 0 Å². The van der Waals surface area contributed by atoms with E-state index < -0.39 is 32.6 Å². The van der Waals surface area contributed by atoms with Crippen LogP contribution in [0.4, 0.5) is 4.39 Å². The van der Waals surface area contributed by atoms with Crippen molar-refractivity contribution < 1.29 is 22.3 Å². The lowest BCUT2D eigenvalue weighted by Crippen LogP contribution is -2.24. The third-order valence-electron chi connectivity index (χ3n) is 3.62. The molecule has 0 aromatic heterocycles. The Morgan fingerprint density at radius 2 is 1.94 bits per heavy atom. The molecule has 0 bridgehead atoms. The van der Waals surface area contributed by atoms with Crippen molar-refractivity contribution in [3.63, 3.8) is 0 Å². The van der Waals surface area contributed by atoms with Crippen molar-refractivity contribution in [3.8, 4) is 0 Å². The maximum atomic E-state index is 14.7. The van der Waals surface area contributed by atoms with Gasteiger partial charge in [0.05, 0.1) is 11.5 Å². The van der Waals surface area contributed by atoms with Gasteiger partial charge in [-0.05, 0) is 18.6 Å². The van der Waals surface area contributed by atoms with Crippen molar-refractivity contribution >= 4 is 15.8 Å². The smallest absolute Gasteiger partial charge is 0.313 e. The zero-order chi connectivity index (χ0) is 13.0. The van der Waals surface area contributed by atoms with Gasteiger partial charge in [0, 0.05) is 5.92 Å². The fraction of sp³-hybridized carbons (Fsp3) is 0.417. The van der Waals surface area contributed by atoms with E-state index >= 15 is 0 Å². The molecule has 1 aliphatic heterocycles. The summed E-state index contributed by atoms with van der Waals surface area (Å²) in [5.41, 5.74) is 0. The van der Waals surface area contributed by atoms with Crippen LogP contribution in [0.25, 0.3) is 0 Å². The molecule has 3 rings (SSSR count). The van der Waals surface area contributed by atoms with Gasteiger partial charge in [0.2, 0.25) is 14.8 Å². The van der Waals surface area contributed by atoms with Gasteiger partial charge in [-0.25, -0.2) is 12.8 Å². The molecule has 0 spiro atoms. The van der Waals surface area contributed by atoms with E-state index in [0.717, 1.165) is 0 Å². The van der Waals surface area contributed by atoms with Gasteiger partial charge in [-0.2, -0.15) is 0 Å². The summed E-state index contributed by atoms with van der Waals surface area (Å²) < 4.78 is 43.9. The molecule has 96 valence electrons. The number of benzene rings is 1. The van der Waals surface area contributed by atoms with Crippen molar-refractivity contribution in [2.24, 2.45) is 11.8 Å². The summed E-state index contributed by atoms with van der Waals surface area (Å²) in [6.45, 7) is 0.0932. The normalized spacial score (nSPS) is 34.6. The summed E-state index contributed by atoms with van der Waals surface area (Å²) in [5, 5.41) is -2.48. The van der Waals surface area contributed by atoms with E-state index in [1.54, 1.807) is 6.07 Å². The van der Waals surface area contributed by atoms with Crippen molar-refractivity contribution in [2.45, 2.75) is 16.3 Å². The molecule has 1 saturated heterocycles. The number of carbonyl (C=O) groups excluding carboxylic acids is 1. The highest BCUT2D eigenvalue weighted by atomic mass is 32.2. The Morgan fingerprint density at radius 1 is 1.28 bits per heavy atom. The van der Waals surface area contributed by atoms with Crippen LogP contribution in [-0.2, 0) is 19.4 Å². The van der Waals surface area contributed by atoms with Crippen LogP contribution in [0.2, 0.25) is 0 Å². The lowest BCUT2D eigenvalue weighted by atomic mass is 10.2. The van der Waals surface area contributed by atoms with Crippen molar-refractivity contribution in [1.29, 1.82) is 0 Å². The van der Waals surface area contributed by atoms with Gasteiger partial charge in [-0.1, -0.05) is 18.2 Å². The van der Waals surface area contributed by atoms with Crippen molar-refractivity contribution in [2.75, 3.05) is 6.61 Å². The van der Waals surface area contributed by atoms with Crippen LogP contribution in [-0.4, -0.2) is 26.0 Å². The average molecular weight is 270 g/mol. The van der Waals surface area contributed by atoms with E-state index in [2.05, 4.69) is 0 Å². The number of cyclic esters (lactones) is 1. The first-order chi connectivity index (χ1) is 8.49. The largest absolute Gasteiger partial charge is 0.465 e. The van der Waals surface area contributed by atoms with Crippen molar-refractivity contribution in [3.05, 3.63) is 30.3 Å². The van der Waals surface area contributed by atoms with Crippen LogP contribution in [0.15, 0.2) is 35.2 Å². The number of ether oxygens (including phenoxy) is 1. The second-order valence-corrected chi connectivity index (χ2v) is 6.66. The van der Waals surface area contributed by atoms with Gasteiger partial charge in [0.25, 0.3) is 0 Å². The predicted molar refractivity (Wildman–Crippen MR) is 60.0 cm³/mol. The predicted octanol–water partition coefficient (Wildman–Crippen LogP) is 1.32. The molecule has 3 atom stereocenters. The Balaban J connectivity index is 2.04. The quantitative estimate of drug-likeness (QED) is 0.760. The number of alkyl halides is 1. The Hall–Kier alpha value is -1.43. The van der Waals surface area contributed by atoms with E-state index in [1.165, 1.54) is 24.3 Å². The van der Waals surface area contributed by atoms with E-state index in [1.807, 2.05) is 0 Å². The molecular weight excluding hydrogens is 259 g/mol. The third-order valence-corrected chi connectivity index (χ3v) is 5.89. The summed E-state index contributed by atoms with van der Waals surface area (Å²) in [5.74, 6) is -2.66. The molecule has 2 fully saturated rings. The fourth-order valence-electron chi connectivity index (χ4n) is 2.61. The Bertz CT molecular complexity index is 598. The van der Waals surface area contributed by atoms with Crippen LogP contribution in [0, 0.1) is 11.8 Å². The first-order valence-corrected chi connectivity index (χ1v) is 7.13. The van der Waals surface area contributed by atoms with Gasteiger partial charge >= 0.3 is 5.97 Å². The molecule has 4 nitrogen and oxygen atoms in total. The molecule has 18 heavy (non-hydrogen) atoms. The van der Waals surface area contributed by atoms with Gasteiger partial charge in [-0.3, -0.25) is 4.79 Å². The van der Waals surface area contributed by atoms with E-state index in [0.29, 0.717) is 0 Å². The Labute approximate surface area is 104 Å². The number of carbonyl (C=O) groups is 1. The maximum Gasteiger partial charge on any atom is 0.313 e. The number of sulfone groups is 1. The summed E-state index contributed by atoms with van der Waals surface area (Å²) in [6, 6.07) is 7.39. The lowest BCUT2D eigenvalue weighted by molar-refractivity contribution is -0.148. The fourth-order valence-corrected chi connectivity index (χ4v) is 4.67. The lowest BCUT2D eigenvalue weighted by Gasteiger charge is -2.08. The molecule has 2 aliphatic rings.